The zero-order valence-electron chi connectivity index (χ0n) is 11.9. The molecule has 2 aromatic carbocycles. The molecule has 0 atom stereocenters. The van der Waals surface area contributed by atoms with Crippen LogP contribution < -0.4 is 10.6 Å². The fourth-order valence-electron chi connectivity index (χ4n) is 2.09. The number of carbonyl (C=O) groups is 1. The second-order valence-electron chi connectivity index (χ2n) is 4.67. The van der Waals surface area contributed by atoms with Crippen molar-refractivity contribution in [3.8, 4) is 0 Å². The molecule has 0 aliphatic rings. The van der Waals surface area contributed by atoms with Crippen molar-refractivity contribution in [1.82, 2.24) is 0 Å². The van der Waals surface area contributed by atoms with Gasteiger partial charge in [-0.25, -0.2) is 17.6 Å². The highest BCUT2D eigenvalue weighted by Crippen LogP contribution is 2.45. The fourth-order valence-corrected chi connectivity index (χ4v) is 4.64. The molecule has 2 rings (SSSR count). The van der Waals surface area contributed by atoms with Crippen molar-refractivity contribution in [3.63, 3.8) is 0 Å². The van der Waals surface area contributed by atoms with Crippen molar-refractivity contribution in [2.24, 2.45) is 0 Å². The van der Waals surface area contributed by atoms with Crippen molar-refractivity contribution in [2.45, 2.75) is 0 Å². The van der Waals surface area contributed by atoms with Gasteiger partial charge in [0.25, 0.3) is 0 Å². The Labute approximate surface area is 129 Å². The van der Waals surface area contributed by atoms with Crippen LogP contribution in [0.25, 0.3) is 0 Å². The highest BCUT2D eigenvalue weighted by Gasteiger charge is 2.36. The molecule has 0 unspecified atom stereocenters. The van der Waals surface area contributed by atoms with Crippen LogP contribution in [0.2, 0.25) is 0 Å². The van der Waals surface area contributed by atoms with Gasteiger partial charge >= 0.3 is 5.97 Å². The van der Waals surface area contributed by atoms with Gasteiger partial charge in [-0.15, -0.1) is 0 Å². The Balaban J connectivity index is 2.70. The van der Waals surface area contributed by atoms with Crippen LogP contribution in [0.15, 0.2) is 36.4 Å². The smallest absolute Gasteiger partial charge is 0.313 e. The lowest BCUT2D eigenvalue weighted by Crippen LogP contribution is -2.27. The predicted molar refractivity (Wildman–Crippen MR) is 76.5 cm³/mol. The first kappa shape index (κ1) is 17.2. The number of halogens is 4. The van der Waals surface area contributed by atoms with Gasteiger partial charge in [0.15, 0.2) is 7.14 Å². The standard InChI is InChI=1S/C15H11F4O3P/c1-22-15(20)8-23(21,13-4-2-9(16)6-11(13)18)14-5-3-10(17)7-12(14)19/h2-7H,8H2,1H3. The number of rotatable bonds is 4. The highest BCUT2D eigenvalue weighted by molar-refractivity contribution is 7.79. The number of esters is 1. The summed E-state index contributed by atoms with van der Waals surface area (Å²) in [5.41, 5.74) is 0. The second-order valence-corrected chi connectivity index (χ2v) is 7.42. The molecule has 0 heterocycles. The van der Waals surface area contributed by atoms with E-state index in [-0.39, 0.29) is 0 Å². The third-order valence-corrected chi connectivity index (χ3v) is 6.16. The summed E-state index contributed by atoms with van der Waals surface area (Å²) in [6.07, 6.45) is -0.839. The third-order valence-electron chi connectivity index (χ3n) is 3.18. The maximum Gasteiger partial charge on any atom is 0.313 e. The molecule has 2 aromatic rings. The number of hydrogen-bond acceptors (Lipinski definition) is 3. The Morgan fingerprint density at radius 1 is 0.957 bits per heavy atom. The molecule has 3 nitrogen and oxygen atoms in total. The molecule has 0 saturated carbocycles. The maximum atomic E-state index is 14.0. The van der Waals surface area contributed by atoms with Crippen LogP contribution in [-0.2, 0) is 14.1 Å². The number of hydrogen-bond donors (Lipinski definition) is 0. The lowest BCUT2D eigenvalue weighted by atomic mass is 10.3. The van der Waals surface area contributed by atoms with E-state index in [2.05, 4.69) is 4.74 Å². The van der Waals surface area contributed by atoms with Gasteiger partial charge in [-0.2, -0.15) is 0 Å². The normalized spacial score (nSPS) is 11.3. The van der Waals surface area contributed by atoms with Crippen molar-refractivity contribution in [1.29, 1.82) is 0 Å². The lowest BCUT2D eigenvalue weighted by molar-refractivity contribution is -0.137. The van der Waals surface area contributed by atoms with E-state index in [1.807, 2.05) is 0 Å². The molecule has 122 valence electrons. The quantitative estimate of drug-likeness (QED) is 0.486. The molecule has 23 heavy (non-hydrogen) atoms. The molecule has 0 radical (unpaired) electrons. The Bertz CT molecular complexity index is 752. The number of benzene rings is 2. The first-order chi connectivity index (χ1) is 10.8. The van der Waals surface area contributed by atoms with E-state index in [1.54, 1.807) is 0 Å². The van der Waals surface area contributed by atoms with Crippen molar-refractivity contribution < 1.29 is 31.7 Å². The molecule has 0 N–H and O–H groups in total. The van der Waals surface area contributed by atoms with E-state index >= 15 is 0 Å². The average molecular weight is 346 g/mol. The minimum absolute atomic E-state index is 0.473. The molecule has 8 heteroatoms. The topological polar surface area (TPSA) is 43.4 Å². The summed E-state index contributed by atoms with van der Waals surface area (Å²) in [5.74, 6) is -5.20. The van der Waals surface area contributed by atoms with E-state index < -0.39 is 53.2 Å². The minimum Gasteiger partial charge on any atom is -0.469 e. The Morgan fingerprint density at radius 3 is 1.74 bits per heavy atom. The summed E-state index contributed by atoms with van der Waals surface area (Å²) in [7, 11) is -3.15. The van der Waals surface area contributed by atoms with Crippen LogP contribution in [0.3, 0.4) is 0 Å². The zero-order valence-corrected chi connectivity index (χ0v) is 12.7. The predicted octanol–water partition coefficient (Wildman–Crippen LogP) is 2.73. The van der Waals surface area contributed by atoms with E-state index in [0.717, 1.165) is 31.4 Å². The molecule has 0 aliphatic heterocycles. The van der Waals surface area contributed by atoms with Crippen molar-refractivity contribution in [2.75, 3.05) is 13.3 Å². The van der Waals surface area contributed by atoms with Crippen LogP contribution in [-0.4, -0.2) is 19.2 Å². The average Bonchev–Trinajstić information content (AvgIpc) is 2.46. The van der Waals surface area contributed by atoms with Gasteiger partial charge in [0, 0.05) is 12.1 Å². The van der Waals surface area contributed by atoms with Gasteiger partial charge in [0.1, 0.15) is 29.4 Å². The van der Waals surface area contributed by atoms with E-state index in [1.165, 1.54) is 0 Å². The Kier molecular flexibility index (Phi) is 4.90. The van der Waals surface area contributed by atoms with Crippen LogP contribution in [0, 0.1) is 23.3 Å². The van der Waals surface area contributed by atoms with E-state index in [0.29, 0.717) is 12.1 Å². The number of carbonyl (C=O) groups excluding carboxylic acids is 1. The summed E-state index contributed by atoms with van der Waals surface area (Å²) < 4.78 is 71.8. The van der Waals surface area contributed by atoms with Crippen LogP contribution in [0.1, 0.15) is 0 Å². The molecule has 0 spiro atoms. The molecule has 0 saturated heterocycles. The summed E-state index contributed by atoms with van der Waals surface area (Å²) in [4.78, 5) is 11.5. The SMILES string of the molecule is COC(=O)CP(=O)(c1ccc(F)cc1F)c1ccc(F)cc1F. The minimum atomic E-state index is -4.17. The van der Waals surface area contributed by atoms with Gasteiger partial charge < -0.3 is 9.30 Å². The molecular weight excluding hydrogens is 335 g/mol. The van der Waals surface area contributed by atoms with Gasteiger partial charge in [0.05, 0.1) is 17.7 Å². The molecule has 0 fully saturated rings. The Morgan fingerprint density at radius 2 is 1.39 bits per heavy atom. The molecule has 0 aromatic heterocycles. The fraction of sp³-hybridized carbons (Fsp3) is 0.133. The number of ether oxygens (including phenoxy) is 1. The van der Waals surface area contributed by atoms with Crippen molar-refractivity contribution >= 4 is 23.7 Å². The molecular formula is C15H11F4O3P. The van der Waals surface area contributed by atoms with E-state index in [9.17, 15) is 26.9 Å². The molecule has 0 aliphatic carbocycles. The molecule has 0 amide bonds. The summed E-state index contributed by atoms with van der Waals surface area (Å²) in [6, 6.07) is 4.36. The lowest BCUT2D eigenvalue weighted by Gasteiger charge is -2.19. The second kappa shape index (κ2) is 6.54. The number of methoxy groups -OCH3 is 1. The highest BCUT2D eigenvalue weighted by atomic mass is 31.2. The Hall–Kier alpha value is -2.14. The zero-order chi connectivity index (χ0) is 17.2. The van der Waals surface area contributed by atoms with Gasteiger partial charge in [-0.05, 0) is 24.3 Å². The largest absolute Gasteiger partial charge is 0.469 e. The first-order valence-corrected chi connectivity index (χ1v) is 8.24. The van der Waals surface area contributed by atoms with E-state index in [4.69, 9.17) is 0 Å². The van der Waals surface area contributed by atoms with Gasteiger partial charge in [0.2, 0.25) is 0 Å². The monoisotopic (exact) mass is 346 g/mol. The maximum absolute atomic E-state index is 14.0. The summed E-state index contributed by atoms with van der Waals surface area (Å²) in [5, 5.41) is -1.07. The first-order valence-electron chi connectivity index (χ1n) is 6.35. The molecule has 0 bridgehead atoms. The van der Waals surface area contributed by atoms with Crippen LogP contribution >= 0.6 is 7.14 Å². The van der Waals surface area contributed by atoms with Crippen molar-refractivity contribution in [3.05, 3.63) is 59.7 Å². The summed E-state index contributed by atoms with van der Waals surface area (Å²) >= 11 is 0. The summed E-state index contributed by atoms with van der Waals surface area (Å²) in [6.45, 7) is 0. The van der Waals surface area contributed by atoms with Gasteiger partial charge in [-0.3, -0.25) is 4.79 Å². The van der Waals surface area contributed by atoms with Crippen LogP contribution in [0.5, 0.6) is 0 Å². The van der Waals surface area contributed by atoms with Crippen LogP contribution in [0.4, 0.5) is 17.6 Å². The van der Waals surface area contributed by atoms with Gasteiger partial charge in [-0.1, -0.05) is 0 Å². The third kappa shape index (κ3) is 3.45.